The number of benzene rings is 3. The lowest BCUT2D eigenvalue weighted by atomic mass is 10.1. The molecule has 0 unspecified atom stereocenters. The Morgan fingerprint density at radius 1 is 0.676 bits per heavy atom. The molecule has 6 nitrogen and oxygen atoms in total. The van der Waals surface area contributed by atoms with Crippen molar-refractivity contribution in [1.29, 1.82) is 0 Å². The quantitative estimate of drug-likeness (QED) is 0.405. The highest BCUT2D eigenvalue weighted by molar-refractivity contribution is 6.14. The largest absolute Gasteiger partial charge is 0.508 e. The summed E-state index contributed by atoms with van der Waals surface area (Å²) in [5.74, 6) is -1.10. The molecule has 3 aromatic carbocycles. The van der Waals surface area contributed by atoms with E-state index in [1.165, 1.54) is 0 Å². The maximum atomic E-state index is 11.1. The van der Waals surface area contributed by atoms with Gasteiger partial charge in [-0.1, -0.05) is 68.3 Å². The van der Waals surface area contributed by atoms with Gasteiger partial charge in [0.05, 0.1) is 16.7 Å². The van der Waals surface area contributed by atoms with Crippen molar-refractivity contribution >= 4 is 36.1 Å². The number of rotatable bonds is 3. The van der Waals surface area contributed by atoms with Gasteiger partial charge in [0.1, 0.15) is 12.4 Å². The Labute approximate surface area is 197 Å². The molecular formula is C28H22O6. The van der Waals surface area contributed by atoms with Gasteiger partial charge in [0.2, 0.25) is 0 Å². The first kappa shape index (κ1) is 23.9. The second-order valence-corrected chi connectivity index (χ2v) is 7.18. The summed E-state index contributed by atoms with van der Waals surface area (Å²) in [5, 5.41) is 8.90. The number of cyclic esters (lactones) is 3. The Hall–Kier alpha value is -4.71. The van der Waals surface area contributed by atoms with Crippen LogP contribution in [0.15, 0.2) is 80.4 Å². The average Bonchev–Trinajstić information content (AvgIpc) is 3.37. The molecular weight excluding hydrogens is 432 g/mol. The Balaban J connectivity index is 0.000000146. The van der Waals surface area contributed by atoms with Crippen molar-refractivity contribution in [3.05, 3.63) is 119 Å². The van der Waals surface area contributed by atoms with Crippen LogP contribution in [0.1, 0.15) is 53.3 Å². The van der Waals surface area contributed by atoms with Crippen molar-refractivity contribution in [1.82, 2.24) is 0 Å². The molecule has 0 spiro atoms. The van der Waals surface area contributed by atoms with Gasteiger partial charge in [0.15, 0.2) is 0 Å². The van der Waals surface area contributed by atoms with Crippen molar-refractivity contribution in [2.24, 2.45) is 0 Å². The predicted octanol–water partition coefficient (Wildman–Crippen LogP) is 5.68. The standard InChI is InChI=1S/C10H6O3.C10H8O2.C8H8O/c1-2-6-3-4-7-8(5-6)10(12)13-9(7)11;1-2-7-3-4-8-6-12-10(11)9(8)5-7;1-2-7-4-3-5-8(9)6-7/h2-5H,1H2;2-5H,1,6H2;2-6,9H,1H2. The molecule has 0 atom stereocenters. The van der Waals surface area contributed by atoms with Crippen molar-refractivity contribution in [2.45, 2.75) is 6.61 Å². The highest BCUT2D eigenvalue weighted by Gasteiger charge is 2.29. The monoisotopic (exact) mass is 454 g/mol. The number of phenols is 1. The number of carbonyl (C=O) groups excluding carboxylic acids is 3. The van der Waals surface area contributed by atoms with Crippen molar-refractivity contribution < 1.29 is 29.0 Å². The van der Waals surface area contributed by atoms with E-state index in [2.05, 4.69) is 24.5 Å². The predicted molar refractivity (Wildman–Crippen MR) is 130 cm³/mol. The molecule has 6 heteroatoms. The van der Waals surface area contributed by atoms with Gasteiger partial charge in [-0.3, -0.25) is 0 Å². The van der Waals surface area contributed by atoms with Crippen LogP contribution in [-0.2, 0) is 16.1 Å². The van der Waals surface area contributed by atoms with Gasteiger partial charge < -0.3 is 14.6 Å². The smallest absolute Gasteiger partial charge is 0.346 e. The van der Waals surface area contributed by atoms with Gasteiger partial charge in [0, 0.05) is 5.56 Å². The summed E-state index contributed by atoms with van der Waals surface area (Å²) in [6.45, 7) is 11.2. The molecule has 34 heavy (non-hydrogen) atoms. The number of hydrogen-bond donors (Lipinski definition) is 1. The maximum absolute atomic E-state index is 11.1. The summed E-state index contributed by atoms with van der Waals surface area (Å²) < 4.78 is 9.27. The second kappa shape index (κ2) is 10.7. The van der Waals surface area contributed by atoms with E-state index in [1.807, 2.05) is 18.2 Å². The van der Waals surface area contributed by atoms with Gasteiger partial charge in [-0.2, -0.15) is 0 Å². The highest BCUT2D eigenvalue weighted by atomic mass is 16.6. The van der Waals surface area contributed by atoms with Crippen LogP contribution in [0.2, 0.25) is 0 Å². The number of phenolic OH excluding ortho intramolecular Hbond substituents is 1. The average molecular weight is 454 g/mol. The molecule has 0 saturated carbocycles. The summed E-state index contributed by atoms with van der Waals surface area (Å²) in [4.78, 5) is 33.2. The van der Waals surface area contributed by atoms with E-state index in [0.717, 1.165) is 22.3 Å². The molecule has 2 heterocycles. The van der Waals surface area contributed by atoms with E-state index in [9.17, 15) is 14.4 Å². The zero-order chi connectivity index (χ0) is 24.7. The molecule has 0 saturated heterocycles. The van der Waals surface area contributed by atoms with E-state index < -0.39 is 11.9 Å². The van der Waals surface area contributed by atoms with Crippen LogP contribution in [0, 0.1) is 0 Å². The molecule has 170 valence electrons. The van der Waals surface area contributed by atoms with Crippen LogP contribution in [0.5, 0.6) is 5.75 Å². The first-order valence-corrected chi connectivity index (χ1v) is 10.2. The summed E-state index contributed by atoms with van der Waals surface area (Å²) in [7, 11) is 0. The topological polar surface area (TPSA) is 89.9 Å². The molecule has 2 aliphatic heterocycles. The fraction of sp³-hybridized carbons (Fsp3) is 0.0357. The molecule has 0 radical (unpaired) electrons. The minimum atomic E-state index is -0.580. The summed E-state index contributed by atoms with van der Waals surface area (Å²) in [6, 6.07) is 17.5. The third-order valence-corrected chi connectivity index (χ3v) is 4.96. The first-order valence-electron chi connectivity index (χ1n) is 10.2. The van der Waals surface area contributed by atoms with Gasteiger partial charge in [-0.15, -0.1) is 0 Å². The lowest BCUT2D eigenvalue weighted by Gasteiger charge is -1.94. The number of esters is 3. The van der Waals surface area contributed by atoms with Crippen LogP contribution < -0.4 is 0 Å². The third kappa shape index (κ3) is 5.55. The first-order chi connectivity index (χ1) is 16.4. The van der Waals surface area contributed by atoms with Gasteiger partial charge in [-0.25, -0.2) is 14.4 Å². The molecule has 5 rings (SSSR count). The van der Waals surface area contributed by atoms with Crippen molar-refractivity contribution in [2.75, 3.05) is 0 Å². The van der Waals surface area contributed by atoms with Crippen LogP contribution in [0.25, 0.3) is 18.2 Å². The fourth-order valence-corrected chi connectivity index (χ4v) is 3.14. The van der Waals surface area contributed by atoms with E-state index in [-0.39, 0.29) is 11.7 Å². The molecule has 0 amide bonds. The number of carbonyl (C=O) groups is 3. The zero-order valence-corrected chi connectivity index (χ0v) is 18.3. The Kier molecular flexibility index (Phi) is 7.56. The lowest BCUT2D eigenvalue weighted by Crippen LogP contribution is -1.96. The Bertz CT molecular complexity index is 1300. The molecule has 0 aromatic heterocycles. The van der Waals surface area contributed by atoms with Crippen LogP contribution in [-0.4, -0.2) is 23.0 Å². The Morgan fingerprint density at radius 3 is 1.88 bits per heavy atom. The fourth-order valence-electron chi connectivity index (χ4n) is 3.14. The Morgan fingerprint density at radius 2 is 1.26 bits per heavy atom. The number of ether oxygens (including phenoxy) is 2. The zero-order valence-electron chi connectivity index (χ0n) is 18.3. The molecule has 1 N–H and O–H groups in total. The molecule has 3 aromatic rings. The number of hydrogen-bond acceptors (Lipinski definition) is 6. The highest BCUT2D eigenvalue weighted by Crippen LogP contribution is 2.22. The molecule has 0 bridgehead atoms. The number of fused-ring (bicyclic) bond motifs is 2. The molecule has 0 fully saturated rings. The van der Waals surface area contributed by atoms with Crippen molar-refractivity contribution in [3.63, 3.8) is 0 Å². The molecule has 2 aliphatic rings. The van der Waals surface area contributed by atoms with Gasteiger partial charge in [-0.05, 0) is 47.0 Å². The van der Waals surface area contributed by atoms with Crippen molar-refractivity contribution in [3.8, 4) is 5.75 Å². The summed E-state index contributed by atoms with van der Waals surface area (Å²) >= 11 is 0. The lowest BCUT2D eigenvalue weighted by molar-refractivity contribution is 0.0442. The van der Waals surface area contributed by atoms with Gasteiger partial charge >= 0.3 is 17.9 Å². The minimum Gasteiger partial charge on any atom is -0.508 e. The minimum absolute atomic E-state index is 0.228. The van der Waals surface area contributed by atoms with E-state index in [1.54, 1.807) is 60.7 Å². The van der Waals surface area contributed by atoms with E-state index in [4.69, 9.17) is 9.84 Å². The summed E-state index contributed by atoms with van der Waals surface area (Å²) in [5.41, 5.74) is 4.98. The van der Waals surface area contributed by atoms with Crippen LogP contribution in [0.3, 0.4) is 0 Å². The van der Waals surface area contributed by atoms with E-state index >= 15 is 0 Å². The van der Waals surface area contributed by atoms with Gasteiger partial charge in [0.25, 0.3) is 0 Å². The van der Waals surface area contributed by atoms with Crippen LogP contribution >= 0.6 is 0 Å². The second-order valence-electron chi connectivity index (χ2n) is 7.18. The third-order valence-electron chi connectivity index (χ3n) is 4.96. The van der Waals surface area contributed by atoms with E-state index in [0.29, 0.717) is 23.3 Å². The summed E-state index contributed by atoms with van der Waals surface area (Å²) in [6.07, 6.45) is 5.02. The number of aromatic hydroxyl groups is 1. The van der Waals surface area contributed by atoms with Crippen LogP contribution in [0.4, 0.5) is 0 Å². The molecule has 0 aliphatic carbocycles. The normalized spacial score (nSPS) is 12.5. The SMILES string of the molecule is C=Cc1ccc2c(c1)C(=O)OC2.C=Cc1ccc2c(c1)C(=O)OC2=O.C=Cc1cccc(O)c1. The maximum Gasteiger partial charge on any atom is 0.346 e.